The number of halogens is 1. The van der Waals surface area contributed by atoms with Crippen molar-refractivity contribution >= 4 is 33.3 Å². The smallest absolute Gasteiger partial charge is 0.311 e. The Morgan fingerprint density at radius 1 is 1.38 bits per heavy atom. The number of aliphatic carboxylic acids is 1. The molecule has 0 spiro atoms. The van der Waals surface area contributed by atoms with E-state index in [1.165, 1.54) is 23.5 Å². The van der Waals surface area contributed by atoms with E-state index < -0.39 is 11.4 Å². The van der Waals surface area contributed by atoms with Crippen LogP contribution in [0.2, 0.25) is 0 Å². The molecule has 0 saturated heterocycles. The molecule has 0 unspecified atom stereocenters. The van der Waals surface area contributed by atoms with Gasteiger partial charge in [-0.15, -0.1) is 11.3 Å². The summed E-state index contributed by atoms with van der Waals surface area (Å²) in [6.45, 7) is 0.123. The Kier molecular flexibility index (Phi) is 3.41. The first-order valence-electron chi connectivity index (χ1n) is 6.71. The number of fused-ring (bicyclic) bond motifs is 1. The van der Waals surface area contributed by atoms with E-state index in [1.807, 2.05) is 0 Å². The Morgan fingerprint density at radius 3 is 2.71 bits per heavy atom. The predicted molar refractivity (Wildman–Crippen MR) is 78.0 cm³/mol. The zero-order valence-corrected chi connectivity index (χ0v) is 12.0. The minimum Gasteiger partial charge on any atom is -0.481 e. The highest BCUT2D eigenvalue weighted by Crippen LogP contribution is 2.40. The van der Waals surface area contributed by atoms with Crippen LogP contribution >= 0.6 is 11.3 Å². The van der Waals surface area contributed by atoms with Gasteiger partial charge in [-0.25, -0.2) is 4.39 Å². The molecule has 0 radical (unpaired) electrons. The third-order valence-electron chi connectivity index (χ3n) is 4.08. The molecule has 0 aliphatic heterocycles. The number of carboxylic acid groups (broad SMARTS) is 1. The second-order valence-electron chi connectivity index (χ2n) is 5.38. The predicted octanol–water partition coefficient (Wildman–Crippen LogP) is 3.03. The highest BCUT2D eigenvalue weighted by molar-refractivity contribution is 7.20. The third-order valence-corrected chi connectivity index (χ3v) is 5.18. The number of hydrogen-bond acceptors (Lipinski definition) is 3. The van der Waals surface area contributed by atoms with Crippen LogP contribution in [0.25, 0.3) is 10.1 Å². The quantitative estimate of drug-likeness (QED) is 0.912. The SMILES string of the molecule is O=C(NCC1(C(=O)O)CCC1)c1cc2c(F)cccc2s1. The van der Waals surface area contributed by atoms with Crippen molar-refractivity contribution in [3.8, 4) is 0 Å². The van der Waals surface area contributed by atoms with Crippen LogP contribution in [-0.4, -0.2) is 23.5 Å². The van der Waals surface area contributed by atoms with Crippen molar-refractivity contribution < 1.29 is 19.1 Å². The van der Waals surface area contributed by atoms with Gasteiger partial charge in [0.05, 0.1) is 10.3 Å². The fourth-order valence-corrected chi connectivity index (χ4v) is 3.54. The van der Waals surface area contributed by atoms with Gasteiger partial charge in [0.1, 0.15) is 5.82 Å². The van der Waals surface area contributed by atoms with Crippen molar-refractivity contribution in [1.29, 1.82) is 0 Å². The molecule has 1 aromatic carbocycles. The molecular formula is C15H14FNO3S. The van der Waals surface area contributed by atoms with Gasteiger partial charge in [-0.1, -0.05) is 12.5 Å². The van der Waals surface area contributed by atoms with Crippen LogP contribution in [-0.2, 0) is 4.79 Å². The highest BCUT2D eigenvalue weighted by Gasteiger charge is 2.44. The maximum atomic E-state index is 13.6. The molecule has 4 nitrogen and oxygen atoms in total. The van der Waals surface area contributed by atoms with Crippen LogP contribution in [0, 0.1) is 11.2 Å². The van der Waals surface area contributed by atoms with Crippen molar-refractivity contribution in [3.63, 3.8) is 0 Å². The van der Waals surface area contributed by atoms with Gasteiger partial charge in [0, 0.05) is 16.6 Å². The summed E-state index contributed by atoms with van der Waals surface area (Å²) < 4.78 is 14.3. The molecule has 21 heavy (non-hydrogen) atoms. The van der Waals surface area contributed by atoms with Crippen molar-refractivity contribution in [1.82, 2.24) is 5.32 Å². The lowest BCUT2D eigenvalue weighted by Crippen LogP contribution is -2.47. The number of carbonyl (C=O) groups excluding carboxylic acids is 1. The van der Waals surface area contributed by atoms with Crippen LogP contribution in [0.1, 0.15) is 28.9 Å². The maximum absolute atomic E-state index is 13.6. The molecule has 2 aromatic rings. The highest BCUT2D eigenvalue weighted by atomic mass is 32.1. The van der Waals surface area contributed by atoms with Gasteiger partial charge in [-0.05, 0) is 31.0 Å². The molecule has 0 bridgehead atoms. The summed E-state index contributed by atoms with van der Waals surface area (Å²) in [5.74, 6) is -1.57. The minimum atomic E-state index is -0.864. The van der Waals surface area contributed by atoms with E-state index in [2.05, 4.69) is 5.32 Å². The molecule has 0 atom stereocenters. The normalized spacial score (nSPS) is 16.4. The molecule has 1 aliphatic carbocycles. The van der Waals surface area contributed by atoms with Gasteiger partial charge in [0.2, 0.25) is 0 Å². The van der Waals surface area contributed by atoms with Gasteiger partial charge in [0.25, 0.3) is 5.91 Å². The average molecular weight is 307 g/mol. The summed E-state index contributed by atoms with van der Waals surface area (Å²) in [5.41, 5.74) is -0.822. The van der Waals surface area contributed by atoms with Gasteiger partial charge in [-0.2, -0.15) is 0 Å². The van der Waals surface area contributed by atoms with Crippen LogP contribution in [0.4, 0.5) is 4.39 Å². The van der Waals surface area contributed by atoms with Crippen molar-refractivity contribution in [3.05, 3.63) is 35.0 Å². The summed E-state index contributed by atoms with van der Waals surface area (Å²) >= 11 is 1.20. The lowest BCUT2D eigenvalue weighted by molar-refractivity contribution is -0.153. The zero-order chi connectivity index (χ0) is 15.0. The summed E-state index contributed by atoms with van der Waals surface area (Å²) in [5, 5.41) is 12.3. The number of hydrogen-bond donors (Lipinski definition) is 2. The van der Waals surface area contributed by atoms with Crippen molar-refractivity contribution in [2.75, 3.05) is 6.54 Å². The Morgan fingerprint density at radius 2 is 2.14 bits per heavy atom. The minimum absolute atomic E-state index is 0.123. The average Bonchev–Trinajstić information content (AvgIpc) is 2.82. The van der Waals surface area contributed by atoms with Crippen molar-refractivity contribution in [2.24, 2.45) is 5.41 Å². The molecular weight excluding hydrogens is 293 g/mol. The van der Waals surface area contributed by atoms with E-state index in [0.717, 1.165) is 6.42 Å². The topological polar surface area (TPSA) is 66.4 Å². The fraction of sp³-hybridized carbons (Fsp3) is 0.333. The molecule has 1 amide bonds. The lowest BCUT2D eigenvalue weighted by Gasteiger charge is -2.37. The van der Waals surface area contributed by atoms with Crippen molar-refractivity contribution in [2.45, 2.75) is 19.3 Å². The van der Waals surface area contributed by atoms with E-state index >= 15 is 0 Å². The van der Waals surface area contributed by atoms with Gasteiger partial charge in [0.15, 0.2) is 0 Å². The molecule has 1 saturated carbocycles. The van der Waals surface area contributed by atoms with Crippen LogP contribution in [0.5, 0.6) is 0 Å². The molecule has 1 fully saturated rings. The monoisotopic (exact) mass is 307 g/mol. The molecule has 2 N–H and O–H groups in total. The first-order valence-corrected chi connectivity index (χ1v) is 7.53. The standard InChI is InChI=1S/C15H14FNO3S/c16-10-3-1-4-11-9(10)7-12(21-11)13(18)17-8-15(14(19)20)5-2-6-15/h1,3-4,7H,2,5-6,8H2,(H,17,18)(H,19,20). The van der Waals surface area contributed by atoms with Gasteiger partial charge < -0.3 is 10.4 Å². The molecule has 1 aromatic heterocycles. The van der Waals surface area contributed by atoms with Gasteiger partial charge in [-0.3, -0.25) is 9.59 Å². The molecule has 1 aliphatic rings. The van der Waals surface area contributed by atoms with Crippen LogP contribution < -0.4 is 5.32 Å². The summed E-state index contributed by atoms with van der Waals surface area (Å²) in [6.07, 6.45) is 2.05. The molecule has 110 valence electrons. The number of carboxylic acids is 1. The number of carbonyl (C=O) groups is 2. The maximum Gasteiger partial charge on any atom is 0.311 e. The summed E-state index contributed by atoms with van der Waals surface area (Å²) in [7, 11) is 0. The molecule has 6 heteroatoms. The van der Waals surface area contributed by atoms with Crippen LogP contribution in [0.15, 0.2) is 24.3 Å². The largest absolute Gasteiger partial charge is 0.481 e. The zero-order valence-electron chi connectivity index (χ0n) is 11.2. The lowest BCUT2D eigenvalue weighted by atomic mass is 9.69. The Hall–Kier alpha value is -1.95. The fourth-order valence-electron chi connectivity index (χ4n) is 2.54. The van der Waals surface area contributed by atoms with Gasteiger partial charge >= 0.3 is 5.97 Å². The second kappa shape index (κ2) is 5.11. The first kappa shape index (κ1) is 14.0. The number of rotatable bonds is 4. The second-order valence-corrected chi connectivity index (χ2v) is 6.47. The van der Waals surface area contributed by atoms with E-state index in [-0.39, 0.29) is 18.3 Å². The third kappa shape index (κ3) is 2.40. The van der Waals surface area contributed by atoms with E-state index in [4.69, 9.17) is 0 Å². The van der Waals surface area contributed by atoms with Crippen LogP contribution in [0.3, 0.4) is 0 Å². The summed E-state index contributed by atoms with van der Waals surface area (Å²) in [4.78, 5) is 23.8. The number of nitrogens with one attached hydrogen (secondary N) is 1. The van der Waals surface area contributed by atoms with E-state index in [9.17, 15) is 19.1 Å². The first-order chi connectivity index (χ1) is 10.0. The number of thiophene rings is 1. The summed E-state index contributed by atoms with van der Waals surface area (Å²) in [6, 6.07) is 6.22. The Labute approximate surface area is 124 Å². The Balaban J connectivity index is 1.75. The Bertz CT molecular complexity index is 721. The number of amides is 1. The van der Waals surface area contributed by atoms with E-state index in [1.54, 1.807) is 12.1 Å². The molecule has 1 heterocycles. The molecule has 3 rings (SSSR count). The number of benzene rings is 1. The van der Waals surface area contributed by atoms with E-state index in [0.29, 0.717) is 27.8 Å².